The van der Waals surface area contributed by atoms with E-state index in [4.69, 9.17) is 0 Å². The first-order valence-electron chi connectivity index (χ1n) is 5.65. The molecule has 2 aromatic rings. The van der Waals surface area contributed by atoms with Crippen LogP contribution in [0.2, 0.25) is 0 Å². The van der Waals surface area contributed by atoms with E-state index < -0.39 is 0 Å². The predicted molar refractivity (Wildman–Crippen MR) is 69.0 cm³/mol. The van der Waals surface area contributed by atoms with Crippen molar-refractivity contribution in [3.05, 3.63) is 33.9 Å². The average molecular weight is 220 g/mol. The minimum absolute atomic E-state index is 0.0868. The highest BCUT2D eigenvalue weighted by Crippen LogP contribution is 2.19. The molecule has 0 aliphatic heterocycles. The van der Waals surface area contributed by atoms with Gasteiger partial charge in [-0.15, -0.1) is 0 Å². The van der Waals surface area contributed by atoms with Gasteiger partial charge < -0.3 is 9.13 Å². The van der Waals surface area contributed by atoms with Crippen molar-refractivity contribution in [2.24, 2.45) is 14.1 Å². The smallest absolute Gasteiger partial charge is 0.259 e. The summed E-state index contributed by atoms with van der Waals surface area (Å²) in [6.07, 6.45) is 1.81. The van der Waals surface area contributed by atoms with Crippen LogP contribution in [0.5, 0.6) is 0 Å². The Kier molecular flexibility index (Phi) is 3.58. The van der Waals surface area contributed by atoms with Gasteiger partial charge in [-0.2, -0.15) is 0 Å². The molecule has 0 unspecified atom stereocenters. The largest absolute Gasteiger partial charge is 0.347 e. The molecule has 3 nitrogen and oxygen atoms in total. The van der Waals surface area contributed by atoms with Crippen molar-refractivity contribution >= 4 is 10.9 Å². The molecule has 0 fully saturated rings. The van der Waals surface area contributed by atoms with Crippen molar-refractivity contribution in [1.29, 1.82) is 0 Å². The maximum Gasteiger partial charge on any atom is 0.259 e. The van der Waals surface area contributed by atoms with Gasteiger partial charge in [0.05, 0.1) is 10.9 Å². The van der Waals surface area contributed by atoms with E-state index in [2.05, 4.69) is 4.57 Å². The van der Waals surface area contributed by atoms with E-state index >= 15 is 0 Å². The Bertz CT molecular complexity index is 561. The van der Waals surface area contributed by atoms with Crippen LogP contribution in [0.25, 0.3) is 10.9 Å². The fourth-order valence-electron chi connectivity index (χ4n) is 1.86. The molecule has 0 spiro atoms. The fraction of sp³-hybridized carbons (Fsp3) is 0.462. The normalized spacial score (nSPS) is 10.1. The van der Waals surface area contributed by atoms with Crippen molar-refractivity contribution in [2.45, 2.75) is 27.7 Å². The van der Waals surface area contributed by atoms with Gasteiger partial charge >= 0.3 is 0 Å². The number of hydrogen-bond acceptors (Lipinski definition) is 1. The molecular weight excluding hydrogens is 200 g/mol. The minimum atomic E-state index is 0.0868. The molecule has 0 amide bonds. The molecule has 88 valence electrons. The molecule has 0 atom stereocenters. The summed E-state index contributed by atoms with van der Waals surface area (Å²) in [5.41, 5.74) is 3.35. The first kappa shape index (κ1) is 12.6. The predicted octanol–water partition coefficient (Wildman–Crippen LogP) is 2.52. The number of nitrogens with zero attached hydrogens (tertiary/aromatic N) is 2. The molecule has 0 aliphatic carbocycles. The van der Waals surface area contributed by atoms with Gasteiger partial charge in [0.15, 0.2) is 0 Å². The molecule has 0 aliphatic rings. The van der Waals surface area contributed by atoms with Crippen LogP contribution < -0.4 is 5.56 Å². The lowest BCUT2D eigenvalue weighted by molar-refractivity contribution is 0.866. The Balaban J connectivity index is 0.000000606. The van der Waals surface area contributed by atoms with Gasteiger partial charge in [-0.25, -0.2) is 0 Å². The van der Waals surface area contributed by atoms with E-state index in [9.17, 15) is 4.79 Å². The Labute approximate surface area is 96.3 Å². The summed E-state index contributed by atoms with van der Waals surface area (Å²) < 4.78 is 3.68. The van der Waals surface area contributed by atoms with E-state index in [1.54, 1.807) is 11.6 Å². The number of hydrogen-bond donors (Lipinski definition) is 0. The van der Waals surface area contributed by atoms with Crippen molar-refractivity contribution in [2.75, 3.05) is 0 Å². The molecular formula is C13H20N2O. The van der Waals surface area contributed by atoms with Crippen LogP contribution >= 0.6 is 0 Å². The third-order valence-corrected chi connectivity index (χ3v) is 3.03. The number of rotatable bonds is 0. The molecule has 2 aromatic heterocycles. The zero-order valence-corrected chi connectivity index (χ0v) is 11.0. The monoisotopic (exact) mass is 220 g/mol. The lowest BCUT2D eigenvalue weighted by Crippen LogP contribution is -2.15. The van der Waals surface area contributed by atoms with Gasteiger partial charge in [0.25, 0.3) is 5.56 Å². The Morgan fingerprint density at radius 3 is 2.25 bits per heavy atom. The second-order valence-electron chi connectivity index (χ2n) is 3.76. The molecule has 16 heavy (non-hydrogen) atoms. The van der Waals surface area contributed by atoms with E-state index in [0.29, 0.717) is 0 Å². The Morgan fingerprint density at radius 1 is 1.12 bits per heavy atom. The lowest BCUT2D eigenvalue weighted by atomic mass is 10.2. The second kappa shape index (κ2) is 4.56. The summed E-state index contributed by atoms with van der Waals surface area (Å²) in [5.74, 6) is 0. The highest BCUT2D eigenvalue weighted by Gasteiger charge is 2.11. The van der Waals surface area contributed by atoms with Crippen LogP contribution in [-0.4, -0.2) is 9.13 Å². The van der Waals surface area contributed by atoms with Crippen molar-refractivity contribution in [3.8, 4) is 0 Å². The number of fused-ring (bicyclic) bond motifs is 1. The maximum atomic E-state index is 11.9. The van der Waals surface area contributed by atoms with Gasteiger partial charge in [-0.3, -0.25) is 4.79 Å². The van der Waals surface area contributed by atoms with E-state index in [-0.39, 0.29) is 5.56 Å². The third kappa shape index (κ3) is 1.66. The summed E-state index contributed by atoms with van der Waals surface area (Å²) >= 11 is 0. The van der Waals surface area contributed by atoms with E-state index in [1.807, 2.05) is 47.0 Å². The molecule has 0 bridgehead atoms. The second-order valence-corrected chi connectivity index (χ2v) is 3.76. The topological polar surface area (TPSA) is 26.9 Å². The molecule has 0 aromatic carbocycles. The molecule has 0 N–H and O–H groups in total. The zero-order chi connectivity index (χ0) is 12.5. The summed E-state index contributed by atoms with van der Waals surface area (Å²) in [5, 5.41) is 0.843. The van der Waals surface area contributed by atoms with Crippen LogP contribution in [0.1, 0.15) is 25.1 Å². The van der Waals surface area contributed by atoms with Crippen molar-refractivity contribution < 1.29 is 0 Å². The standard InChI is InChI=1S/C11H14N2O.C2H6/c1-7-8(2)13(4)9-5-6-12(3)11(14)10(7)9;1-2/h5-6H,1-4H3;1-2H3. The van der Waals surface area contributed by atoms with Crippen LogP contribution in [0.4, 0.5) is 0 Å². The van der Waals surface area contributed by atoms with Gasteiger partial charge in [0.1, 0.15) is 0 Å². The maximum absolute atomic E-state index is 11.9. The van der Waals surface area contributed by atoms with Crippen LogP contribution in [0.3, 0.4) is 0 Å². The summed E-state index contributed by atoms with van der Waals surface area (Å²) in [6.45, 7) is 8.04. The van der Waals surface area contributed by atoms with E-state index in [1.165, 1.54) is 0 Å². The lowest BCUT2D eigenvalue weighted by Gasteiger charge is -1.99. The first-order valence-corrected chi connectivity index (χ1v) is 5.65. The summed E-state index contributed by atoms with van der Waals surface area (Å²) in [6, 6.07) is 1.98. The summed E-state index contributed by atoms with van der Waals surface area (Å²) in [4.78, 5) is 11.9. The van der Waals surface area contributed by atoms with Crippen LogP contribution in [0, 0.1) is 13.8 Å². The van der Waals surface area contributed by atoms with Crippen molar-refractivity contribution in [3.63, 3.8) is 0 Å². The van der Waals surface area contributed by atoms with E-state index in [0.717, 1.165) is 22.2 Å². The first-order chi connectivity index (χ1) is 7.54. The summed E-state index contributed by atoms with van der Waals surface area (Å²) in [7, 11) is 3.77. The minimum Gasteiger partial charge on any atom is -0.347 e. The average Bonchev–Trinajstić information content (AvgIpc) is 2.52. The third-order valence-electron chi connectivity index (χ3n) is 3.03. The molecule has 2 rings (SSSR count). The van der Waals surface area contributed by atoms with Crippen LogP contribution in [-0.2, 0) is 14.1 Å². The molecule has 0 saturated heterocycles. The molecule has 2 heterocycles. The van der Waals surface area contributed by atoms with Gasteiger partial charge in [-0.05, 0) is 25.5 Å². The van der Waals surface area contributed by atoms with Gasteiger partial charge in [0, 0.05) is 26.0 Å². The highest BCUT2D eigenvalue weighted by molar-refractivity contribution is 5.84. The molecule has 0 radical (unpaired) electrons. The highest BCUT2D eigenvalue weighted by atomic mass is 16.1. The van der Waals surface area contributed by atoms with Crippen LogP contribution in [0.15, 0.2) is 17.1 Å². The Morgan fingerprint density at radius 2 is 1.69 bits per heavy atom. The SMILES string of the molecule is CC.Cc1c(C)n(C)c2ccn(C)c(=O)c12. The Hall–Kier alpha value is -1.51. The van der Waals surface area contributed by atoms with Gasteiger partial charge in [0.2, 0.25) is 0 Å². The molecule has 0 saturated carbocycles. The number of pyridine rings is 1. The molecule has 3 heteroatoms. The quantitative estimate of drug-likeness (QED) is 0.670. The number of aromatic nitrogens is 2. The van der Waals surface area contributed by atoms with Crippen molar-refractivity contribution in [1.82, 2.24) is 9.13 Å². The number of aryl methyl sites for hydroxylation is 3. The van der Waals surface area contributed by atoms with Gasteiger partial charge in [-0.1, -0.05) is 13.8 Å². The zero-order valence-electron chi connectivity index (χ0n) is 11.0. The fourth-order valence-corrected chi connectivity index (χ4v) is 1.86.